The Balaban J connectivity index is 1.94. The molecule has 1 heterocycles. The van der Waals surface area contributed by atoms with Crippen LogP contribution in [0.15, 0.2) is 24.3 Å². The fourth-order valence-electron chi connectivity index (χ4n) is 3.12. The van der Waals surface area contributed by atoms with Crippen molar-refractivity contribution in [1.29, 1.82) is 0 Å². The number of fused-ring (bicyclic) bond motifs is 1. The van der Waals surface area contributed by atoms with E-state index >= 15 is 0 Å². The fourth-order valence-corrected chi connectivity index (χ4v) is 3.12. The van der Waals surface area contributed by atoms with Crippen molar-refractivity contribution in [3.8, 4) is 5.75 Å². The molecule has 0 radical (unpaired) electrons. The summed E-state index contributed by atoms with van der Waals surface area (Å²) in [5.74, 6) is 2.47. The van der Waals surface area contributed by atoms with Gasteiger partial charge in [0.15, 0.2) is 0 Å². The molecule has 106 valence electrons. The molecule has 1 aliphatic heterocycles. The number of nitrogens with one attached hydrogen (secondary N) is 1. The van der Waals surface area contributed by atoms with Crippen molar-refractivity contribution in [3.05, 3.63) is 29.8 Å². The number of para-hydroxylation sites is 1. The maximum Gasteiger partial charge on any atom is 0.122 e. The lowest BCUT2D eigenvalue weighted by Crippen LogP contribution is -2.37. The number of benzene rings is 1. The Morgan fingerprint density at radius 3 is 2.74 bits per heavy atom. The van der Waals surface area contributed by atoms with Gasteiger partial charge in [0.25, 0.3) is 0 Å². The summed E-state index contributed by atoms with van der Waals surface area (Å²) in [6, 6.07) is 9.07. The number of hydrogen-bond acceptors (Lipinski definition) is 2. The maximum atomic E-state index is 5.72. The minimum absolute atomic E-state index is 0.599. The number of rotatable bonds is 6. The summed E-state index contributed by atoms with van der Waals surface area (Å²) < 4.78 is 5.72. The zero-order valence-electron chi connectivity index (χ0n) is 12.5. The molecule has 1 N–H and O–H groups in total. The van der Waals surface area contributed by atoms with Crippen LogP contribution in [0.3, 0.4) is 0 Å². The molecule has 0 saturated heterocycles. The molecule has 1 aromatic carbocycles. The highest BCUT2D eigenvalue weighted by atomic mass is 16.5. The molecule has 0 saturated carbocycles. The van der Waals surface area contributed by atoms with Gasteiger partial charge < -0.3 is 10.1 Å². The Morgan fingerprint density at radius 2 is 2.00 bits per heavy atom. The summed E-state index contributed by atoms with van der Waals surface area (Å²) >= 11 is 0. The van der Waals surface area contributed by atoms with E-state index in [1.54, 1.807) is 0 Å². The molecule has 0 bridgehead atoms. The second kappa shape index (κ2) is 6.95. The summed E-state index contributed by atoms with van der Waals surface area (Å²) in [6.07, 6.45) is 3.64. The van der Waals surface area contributed by atoms with Gasteiger partial charge in [0.05, 0.1) is 6.61 Å². The van der Waals surface area contributed by atoms with Crippen LogP contribution in [0.25, 0.3) is 0 Å². The van der Waals surface area contributed by atoms with Crippen LogP contribution in [-0.2, 0) is 0 Å². The predicted molar refractivity (Wildman–Crippen MR) is 80.8 cm³/mol. The number of hydrogen-bond donors (Lipinski definition) is 1. The van der Waals surface area contributed by atoms with Crippen molar-refractivity contribution >= 4 is 0 Å². The van der Waals surface area contributed by atoms with Crippen molar-refractivity contribution in [2.24, 2.45) is 5.92 Å². The summed E-state index contributed by atoms with van der Waals surface area (Å²) in [6.45, 7) is 8.82. The van der Waals surface area contributed by atoms with E-state index in [4.69, 9.17) is 4.74 Å². The standard InChI is InChI=1S/C17H27NO/c1-4-14(5-2)13(3)18-12-15-10-11-19-17-9-7-6-8-16(15)17/h6-9,13-15,18H,4-5,10-12H2,1-3H3. The second-order valence-electron chi connectivity index (χ2n) is 5.65. The second-order valence-corrected chi connectivity index (χ2v) is 5.65. The van der Waals surface area contributed by atoms with E-state index in [0.717, 1.165) is 31.2 Å². The third kappa shape index (κ3) is 3.50. The molecule has 1 aliphatic rings. The monoisotopic (exact) mass is 261 g/mol. The highest BCUT2D eigenvalue weighted by molar-refractivity contribution is 5.37. The van der Waals surface area contributed by atoms with E-state index < -0.39 is 0 Å². The average Bonchev–Trinajstić information content (AvgIpc) is 2.46. The van der Waals surface area contributed by atoms with Crippen molar-refractivity contribution in [3.63, 3.8) is 0 Å². The minimum atomic E-state index is 0.599. The van der Waals surface area contributed by atoms with Crippen molar-refractivity contribution in [2.75, 3.05) is 13.2 Å². The Bertz CT molecular complexity index is 387. The molecular weight excluding hydrogens is 234 g/mol. The highest BCUT2D eigenvalue weighted by Crippen LogP contribution is 2.32. The van der Waals surface area contributed by atoms with Crippen molar-refractivity contribution in [2.45, 2.75) is 52.0 Å². The van der Waals surface area contributed by atoms with E-state index in [0.29, 0.717) is 12.0 Å². The van der Waals surface area contributed by atoms with Gasteiger partial charge in [0.1, 0.15) is 5.75 Å². The van der Waals surface area contributed by atoms with E-state index in [2.05, 4.69) is 50.4 Å². The Kier molecular flexibility index (Phi) is 5.26. The van der Waals surface area contributed by atoms with Gasteiger partial charge >= 0.3 is 0 Å². The van der Waals surface area contributed by atoms with Gasteiger partial charge in [-0.3, -0.25) is 0 Å². The SMILES string of the molecule is CCC(CC)C(C)NCC1CCOc2ccccc21. The van der Waals surface area contributed by atoms with E-state index in [-0.39, 0.29) is 0 Å². The molecule has 2 nitrogen and oxygen atoms in total. The molecule has 19 heavy (non-hydrogen) atoms. The van der Waals surface area contributed by atoms with Crippen LogP contribution < -0.4 is 10.1 Å². The zero-order valence-corrected chi connectivity index (χ0v) is 12.5. The van der Waals surface area contributed by atoms with Crippen molar-refractivity contribution < 1.29 is 4.74 Å². The van der Waals surface area contributed by atoms with Crippen molar-refractivity contribution in [1.82, 2.24) is 5.32 Å². The minimum Gasteiger partial charge on any atom is -0.493 e. The van der Waals surface area contributed by atoms with Crippen LogP contribution in [0, 0.1) is 5.92 Å². The molecule has 0 aliphatic carbocycles. The smallest absolute Gasteiger partial charge is 0.122 e. The van der Waals surface area contributed by atoms with E-state index in [1.807, 2.05) is 0 Å². The summed E-state index contributed by atoms with van der Waals surface area (Å²) in [7, 11) is 0. The maximum absolute atomic E-state index is 5.72. The van der Waals surface area contributed by atoms with Crippen LogP contribution in [0.1, 0.15) is 51.5 Å². The van der Waals surface area contributed by atoms with Crippen LogP contribution >= 0.6 is 0 Å². The lowest BCUT2D eigenvalue weighted by Gasteiger charge is -2.29. The first-order valence-corrected chi connectivity index (χ1v) is 7.71. The van der Waals surface area contributed by atoms with E-state index in [9.17, 15) is 0 Å². The topological polar surface area (TPSA) is 21.3 Å². The molecular formula is C17H27NO. The summed E-state index contributed by atoms with van der Waals surface area (Å²) in [5, 5.41) is 3.74. The van der Waals surface area contributed by atoms with Gasteiger partial charge in [0.2, 0.25) is 0 Å². The highest BCUT2D eigenvalue weighted by Gasteiger charge is 2.22. The molecule has 2 heteroatoms. The molecule has 0 fully saturated rings. The van der Waals surface area contributed by atoms with Gasteiger partial charge in [-0.05, 0) is 30.9 Å². The first-order valence-electron chi connectivity index (χ1n) is 7.71. The van der Waals surface area contributed by atoms with Crippen LogP contribution in [0.2, 0.25) is 0 Å². The van der Waals surface area contributed by atoms with E-state index in [1.165, 1.54) is 18.4 Å². The predicted octanol–water partition coefficient (Wildman–Crippen LogP) is 3.97. The zero-order chi connectivity index (χ0) is 13.7. The van der Waals surface area contributed by atoms with Crippen LogP contribution in [0.5, 0.6) is 5.75 Å². The molecule has 2 atom stereocenters. The third-order valence-corrected chi connectivity index (χ3v) is 4.52. The first kappa shape index (κ1) is 14.4. The lowest BCUT2D eigenvalue weighted by molar-refractivity contribution is 0.257. The Morgan fingerprint density at radius 1 is 1.26 bits per heavy atom. The van der Waals surface area contributed by atoms with Gasteiger partial charge in [-0.15, -0.1) is 0 Å². The normalized spacial score (nSPS) is 19.9. The van der Waals surface area contributed by atoms with Crippen LogP contribution in [0.4, 0.5) is 0 Å². The molecule has 0 amide bonds. The quantitative estimate of drug-likeness (QED) is 0.836. The average molecular weight is 261 g/mol. The third-order valence-electron chi connectivity index (χ3n) is 4.52. The van der Waals surface area contributed by atoms with Crippen LogP contribution in [-0.4, -0.2) is 19.2 Å². The van der Waals surface area contributed by atoms with Gasteiger partial charge in [-0.2, -0.15) is 0 Å². The van der Waals surface area contributed by atoms with Gasteiger partial charge in [0, 0.05) is 18.5 Å². The van der Waals surface area contributed by atoms with Gasteiger partial charge in [-0.1, -0.05) is 44.9 Å². The Hall–Kier alpha value is -1.02. The first-order chi connectivity index (χ1) is 9.26. The lowest BCUT2D eigenvalue weighted by atomic mass is 9.91. The molecule has 1 aromatic rings. The summed E-state index contributed by atoms with van der Waals surface area (Å²) in [5.41, 5.74) is 1.37. The van der Waals surface area contributed by atoms with Gasteiger partial charge in [-0.25, -0.2) is 0 Å². The molecule has 2 unspecified atom stereocenters. The Labute approximate surface area is 117 Å². The molecule has 0 aromatic heterocycles. The largest absolute Gasteiger partial charge is 0.493 e. The summed E-state index contributed by atoms with van der Waals surface area (Å²) in [4.78, 5) is 0. The molecule has 2 rings (SSSR count). The molecule has 0 spiro atoms. The number of ether oxygens (including phenoxy) is 1. The fraction of sp³-hybridized carbons (Fsp3) is 0.647.